The topological polar surface area (TPSA) is 107 Å². The van der Waals surface area contributed by atoms with Crippen LogP contribution in [0, 0.1) is 37.3 Å². The molecule has 1 amide bonds. The SMILES string of the molecule is C#C.C#C.CN(CCCCc1nc2c3cc(F)cc(F)c3nc(N)n2n1)C(=O)c1ccn(C2CC2)n1. The van der Waals surface area contributed by atoms with Crippen LogP contribution in [0.15, 0.2) is 24.4 Å². The van der Waals surface area contributed by atoms with E-state index in [-0.39, 0.29) is 28.4 Å². The van der Waals surface area contributed by atoms with Gasteiger partial charge in [-0.1, -0.05) is 0 Å². The van der Waals surface area contributed by atoms with E-state index in [1.807, 2.05) is 10.9 Å². The minimum atomic E-state index is -0.798. The maximum absolute atomic E-state index is 14.1. The molecule has 36 heavy (non-hydrogen) atoms. The van der Waals surface area contributed by atoms with Crippen LogP contribution in [-0.2, 0) is 6.42 Å². The molecule has 3 aromatic heterocycles. The molecule has 1 aliphatic carbocycles. The van der Waals surface area contributed by atoms with Crippen molar-refractivity contribution in [3.8, 4) is 25.7 Å². The molecule has 0 bridgehead atoms. The highest BCUT2D eigenvalue weighted by Crippen LogP contribution is 2.34. The van der Waals surface area contributed by atoms with E-state index in [4.69, 9.17) is 5.73 Å². The summed E-state index contributed by atoms with van der Waals surface area (Å²) in [5.41, 5.74) is 6.56. The minimum absolute atomic E-state index is 0.0206. The summed E-state index contributed by atoms with van der Waals surface area (Å²) < 4.78 is 30.9. The van der Waals surface area contributed by atoms with Gasteiger partial charge in [-0.05, 0) is 37.8 Å². The molecule has 4 aromatic rings. The predicted octanol–water partition coefficient (Wildman–Crippen LogP) is 3.26. The number of terminal acetylenes is 2. The number of aryl methyl sites for hydroxylation is 1. The van der Waals surface area contributed by atoms with Crippen LogP contribution in [-0.4, -0.2) is 53.8 Å². The third-order valence-electron chi connectivity index (χ3n) is 5.60. The molecule has 9 nitrogen and oxygen atoms in total. The van der Waals surface area contributed by atoms with Crippen LogP contribution in [0.25, 0.3) is 16.6 Å². The van der Waals surface area contributed by atoms with E-state index in [1.54, 1.807) is 18.0 Å². The van der Waals surface area contributed by atoms with Crippen molar-refractivity contribution in [2.24, 2.45) is 0 Å². The monoisotopic (exact) mass is 492 g/mol. The van der Waals surface area contributed by atoms with Gasteiger partial charge in [-0.25, -0.2) is 18.7 Å². The second kappa shape index (κ2) is 11.3. The largest absolute Gasteiger partial charge is 0.368 e. The zero-order valence-electron chi connectivity index (χ0n) is 19.8. The number of hydrogen-bond donors (Lipinski definition) is 1. The molecule has 5 rings (SSSR count). The van der Waals surface area contributed by atoms with Crippen LogP contribution < -0.4 is 5.73 Å². The fourth-order valence-electron chi connectivity index (χ4n) is 3.73. The number of carbonyl (C=O) groups excluding carboxylic acids is 1. The zero-order valence-corrected chi connectivity index (χ0v) is 19.8. The number of nitrogen functional groups attached to an aromatic ring is 1. The van der Waals surface area contributed by atoms with E-state index in [0.29, 0.717) is 30.5 Å². The van der Waals surface area contributed by atoms with Crippen molar-refractivity contribution < 1.29 is 13.6 Å². The van der Waals surface area contributed by atoms with Gasteiger partial charge in [-0.2, -0.15) is 9.61 Å². The number of nitrogens with two attached hydrogens (primary N) is 1. The van der Waals surface area contributed by atoms with Gasteiger partial charge in [-0.15, -0.1) is 30.8 Å². The van der Waals surface area contributed by atoms with E-state index >= 15 is 0 Å². The maximum atomic E-state index is 14.1. The van der Waals surface area contributed by atoms with Crippen molar-refractivity contribution >= 4 is 28.4 Å². The summed E-state index contributed by atoms with van der Waals surface area (Å²) in [6, 6.07) is 4.13. The molecule has 3 heterocycles. The molecule has 0 spiro atoms. The lowest BCUT2D eigenvalue weighted by Crippen LogP contribution is -2.28. The zero-order chi connectivity index (χ0) is 26.4. The molecule has 186 valence electrons. The molecule has 0 aliphatic heterocycles. The van der Waals surface area contributed by atoms with Crippen molar-refractivity contribution in [3.63, 3.8) is 0 Å². The number of amides is 1. The van der Waals surface area contributed by atoms with Gasteiger partial charge in [0.2, 0.25) is 5.95 Å². The van der Waals surface area contributed by atoms with Gasteiger partial charge < -0.3 is 10.6 Å². The highest BCUT2D eigenvalue weighted by atomic mass is 19.1. The molecule has 1 aliphatic rings. The average Bonchev–Trinajstić information content (AvgIpc) is 3.45. The summed E-state index contributed by atoms with van der Waals surface area (Å²) in [6.45, 7) is 0.561. The summed E-state index contributed by atoms with van der Waals surface area (Å²) >= 11 is 0. The minimum Gasteiger partial charge on any atom is -0.368 e. The average molecular weight is 493 g/mol. The lowest BCUT2D eigenvalue weighted by molar-refractivity contribution is 0.0786. The Labute approximate surface area is 207 Å². The van der Waals surface area contributed by atoms with Gasteiger partial charge in [0.15, 0.2) is 17.3 Å². The Kier molecular flexibility index (Phi) is 8.18. The molecule has 0 saturated heterocycles. The smallest absolute Gasteiger partial charge is 0.274 e. The molecule has 0 radical (unpaired) electrons. The molecule has 1 aromatic carbocycles. The number of halogens is 2. The summed E-state index contributed by atoms with van der Waals surface area (Å²) in [4.78, 5) is 22.6. The summed E-state index contributed by atoms with van der Waals surface area (Å²) in [5, 5.41) is 8.91. The number of hydrogen-bond acceptors (Lipinski definition) is 6. The molecular weight excluding hydrogens is 466 g/mol. The second-order valence-electron chi connectivity index (χ2n) is 8.11. The van der Waals surface area contributed by atoms with Gasteiger partial charge in [0.1, 0.15) is 17.0 Å². The Morgan fingerprint density at radius 3 is 2.56 bits per heavy atom. The lowest BCUT2D eigenvalue weighted by Gasteiger charge is -2.15. The van der Waals surface area contributed by atoms with E-state index in [9.17, 15) is 13.6 Å². The Morgan fingerprint density at radius 2 is 1.86 bits per heavy atom. The second-order valence-corrected chi connectivity index (χ2v) is 8.11. The van der Waals surface area contributed by atoms with Crippen LogP contribution in [0.3, 0.4) is 0 Å². The number of benzene rings is 1. The number of nitrogens with zero attached hydrogens (tertiary/aromatic N) is 7. The first-order valence-corrected chi connectivity index (χ1v) is 11.2. The molecule has 0 unspecified atom stereocenters. The van der Waals surface area contributed by atoms with Gasteiger partial charge in [0, 0.05) is 32.3 Å². The number of rotatable bonds is 7. The van der Waals surface area contributed by atoms with Crippen LogP contribution >= 0.6 is 0 Å². The standard InChI is InChI=1S/C21H22F2N8O.2C2H2/c1-29(20(32)16-7-9-30(27-16)13-5-6-13)8-3-2-4-17-25-19-14-10-12(22)11-15(23)18(14)26-21(24)31(19)28-17;2*1-2/h7,9-11,13H,2-6,8H2,1H3,(H2,24,26);2*1-2H. The van der Waals surface area contributed by atoms with E-state index in [2.05, 4.69) is 45.9 Å². The summed E-state index contributed by atoms with van der Waals surface area (Å²) in [7, 11) is 1.75. The first kappa shape index (κ1) is 26.1. The molecule has 0 atom stereocenters. The van der Waals surface area contributed by atoms with E-state index < -0.39 is 11.6 Å². The van der Waals surface area contributed by atoms with E-state index in [1.165, 1.54) is 10.6 Å². The number of anilines is 1. The predicted molar refractivity (Wildman–Crippen MR) is 133 cm³/mol. The van der Waals surface area contributed by atoms with Crippen LogP contribution in [0.5, 0.6) is 0 Å². The Bertz CT molecular complexity index is 1410. The number of aromatic nitrogens is 6. The highest BCUT2D eigenvalue weighted by molar-refractivity contribution is 5.93. The van der Waals surface area contributed by atoms with Gasteiger partial charge >= 0.3 is 0 Å². The van der Waals surface area contributed by atoms with Gasteiger partial charge in [0.25, 0.3) is 5.91 Å². The molecule has 11 heteroatoms. The molecule has 2 N–H and O–H groups in total. The first-order chi connectivity index (χ1) is 17.4. The number of unbranched alkanes of at least 4 members (excludes halogenated alkanes) is 1. The van der Waals surface area contributed by atoms with Crippen molar-refractivity contribution in [1.82, 2.24) is 34.3 Å². The number of fused-ring (bicyclic) bond motifs is 3. The van der Waals surface area contributed by atoms with Crippen molar-refractivity contribution in [2.75, 3.05) is 19.3 Å². The number of carbonyl (C=O) groups is 1. The summed E-state index contributed by atoms with van der Waals surface area (Å²) in [6.07, 6.45) is 22.1. The van der Waals surface area contributed by atoms with Crippen LogP contribution in [0.4, 0.5) is 14.7 Å². The Hall–Kier alpha value is -4.51. The summed E-state index contributed by atoms with van der Waals surface area (Å²) in [5.74, 6) is -1.15. The van der Waals surface area contributed by atoms with Crippen molar-refractivity contribution in [1.29, 1.82) is 0 Å². The van der Waals surface area contributed by atoms with Gasteiger partial charge in [-0.3, -0.25) is 9.48 Å². The Balaban J connectivity index is 0.000000861. The normalized spacial score (nSPS) is 12.4. The van der Waals surface area contributed by atoms with E-state index in [0.717, 1.165) is 31.7 Å². The molecule has 1 saturated carbocycles. The van der Waals surface area contributed by atoms with Gasteiger partial charge in [0.05, 0.1) is 11.4 Å². The quantitative estimate of drug-likeness (QED) is 0.314. The van der Waals surface area contributed by atoms with Crippen molar-refractivity contribution in [2.45, 2.75) is 38.1 Å². The third kappa shape index (κ3) is 5.41. The lowest BCUT2D eigenvalue weighted by atomic mass is 10.2. The molecule has 1 fully saturated rings. The third-order valence-corrected chi connectivity index (χ3v) is 5.60. The van der Waals surface area contributed by atoms with Crippen molar-refractivity contribution in [3.05, 3.63) is 47.5 Å². The van der Waals surface area contributed by atoms with Crippen LogP contribution in [0.1, 0.15) is 48.0 Å². The highest BCUT2D eigenvalue weighted by Gasteiger charge is 2.25. The fraction of sp³-hybridized carbons (Fsp3) is 0.320. The Morgan fingerprint density at radius 1 is 1.14 bits per heavy atom. The maximum Gasteiger partial charge on any atom is 0.274 e. The molecular formula is C25H26F2N8O. The fourth-order valence-corrected chi connectivity index (χ4v) is 3.73. The first-order valence-electron chi connectivity index (χ1n) is 11.2. The van der Waals surface area contributed by atoms with Crippen LogP contribution in [0.2, 0.25) is 0 Å².